The molecule has 2 N–H and O–H groups in total. The van der Waals surface area contributed by atoms with Gasteiger partial charge in [0, 0.05) is 47.9 Å². The number of aromatic nitrogens is 3. The van der Waals surface area contributed by atoms with Gasteiger partial charge < -0.3 is 14.4 Å². The van der Waals surface area contributed by atoms with E-state index >= 15 is 0 Å². The number of anilines is 1. The quantitative estimate of drug-likeness (QED) is 0.677. The smallest absolute Gasteiger partial charge is 0.323 e. The van der Waals surface area contributed by atoms with E-state index in [0.717, 1.165) is 36.1 Å². The maximum atomic E-state index is 12.7. The Kier molecular flexibility index (Phi) is 4.38. The molecule has 1 aliphatic carbocycles. The third-order valence-corrected chi connectivity index (χ3v) is 6.34. The van der Waals surface area contributed by atoms with Gasteiger partial charge >= 0.3 is 6.03 Å². The van der Waals surface area contributed by atoms with E-state index in [-0.39, 0.29) is 11.4 Å². The van der Waals surface area contributed by atoms with Gasteiger partial charge in [0.05, 0.1) is 0 Å². The first kappa shape index (κ1) is 18.0. The molecule has 3 aromatic rings. The molecule has 2 aliphatic rings. The Morgan fingerprint density at radius 3 is 3.00 bits per heavy atom. The highest BCUT2D eigenvalue weighted by Crippen LogP contribution is 2.41. The molecule has 2 amide bonds. The summed E-state index contributed by atoms with van der Waals surface area (Å²) in [5.74, 6) is 1.37. The normalized spacial score (nSPS) is 18.8. The zero-order chi connectivity index (χ0) is 19.8. The van der Waals surface area contributed by atoms with Crippen molar-refractivity contribution in [3.63, 3.8) is 0 Å². The Hall–Kier alpha value is -3.09. The molecule has 0 atom stereocenters. The van der Waals surface area contributed by atoms with Crippen LogP contribution in [0.3, 0.4) is 0 Å². The number of H-pyrrole nitrogens is 1. The molecule has 0 spiro atoms. The number of rotatable bonds is 3. The number of nitrogens with zero attached hydrogens (tertiary/aromatic N) is 3. The number of fused-ring (bicyclic) bond motifs is 1. The van der Waals surface area contributed by atoms with Crippen LogP contribution in [0.5, 0.6) is 0 Å². The minimum absolute atomic E-state index is 0.0485. The maximum Gasteiger partial charge on any atom is 0.323 e. The summed E-state index contributed by atoms with van der Waals surface area (Å²) >= 11 is 0. The Morgan fingerprint density at radius 1 is 1.34 bits per heavy atom. The van der Waals surface area contributed by atoms with E-state index in [0.29, 0.717) is 18.9 Å². The number of carbonyl (C=O) groups is 1. The van der Waals surface area contributed by atoms with E-state index in [9.17, 15) is 4.79 Å². The summed E-state index contributed by atoms with van der Waals surface area (Å²) in [5.41, 5.74) is 3.35. The first-order valence-corrected chi connectivity index (χ1v) is 10.3. The van der Waals surface area contributed by atoms with Crippen molar-refractivity contribution in [3.8, 4) is 0 Å². The van der Waals surface area contributed by atoms with Crippen molar-refractivity contribution in [2.75, 3.05) is 18.4 Å². The Labute approximate surface area is 169 Å². The van der Waals surface area contributed by atoms with Crippen LogP contribution in [0.4, 0.5) is 10.6 Å². The highest BCUT2D eigenvalue weighted by Gasteiger charge is 2.34. The minimum Gasteiger partial charge on any atom is -0.359 e. The maximum absolute atomic E-state index is 12.7. The molecule has 5 rings (SSSR count). The lowest BCUT2D eigenvalue weighted by Crippen LogP contribution is -2.37. The number of urea groups is 1. The molecule has 7 nitrogen and oxygen atoms in total. The van der Waals surface area contributed by atoms with Gasteiger partial charge in [-0.15, -0.1) is 0 Å². The van der Waals surface area contributed by atoms with Gasteiger partial charge in [-0.1, -0.05) is 31.0 Å². The molecule has 4 heterocycles. The summed E-state index contributed by atoms with van der Waals surface area (Å²) in [6.07, 6.45) is 11.4. The number of nitrogens with one attached hydrogen (secondary N) is 2. The zero-order valence-electron chi connectivity index (χ0n) is 16.6. The molecule has 1 aliphatic heterocycles. The molecule has 29 heavy (non-hydrogen) atoms. The third-order valence-electron chi connectivity index (χ3n) is 6.34. The highest BCUT2D eigenvalue weighted by atomic mass is 16.5. The predicted octanol–water partition coefficient (Wildman–Crippen LogP) is 4.70. The molecule has 0 aromatic carbocycles. The molecule has 0 saturated heterocycles. The fourth-order valence-electron chi connectivity index (χ4n) is 4.53. The Balaban J connectivity index is 1.25. The van der Waals surface area contributed by atoms with Crippen LogP contribution in [-0.4, -0.2) is 39.1 Å². The SMILES string of the molecule is CC1(c2cc(NC(=O)N3CC=C(c4c[nH]c5ncccc45)CC3)no2)CCCC1. The van der Waals surface area contributed by atoms with Crippen molar-refractivity contribution in [2.24, 2.45) is 0 Å². The number of hydrogen-bond acceptors (Lipinski definition) is 4. The van der Waals surface area contributed by atoms with Gasteiger partial charge in [-0.05, 0) is 37.0 Å². The standard InChI is InChI=1S/C22H25N5O2/c1-22(8-2-3-9-22)18-13-19(26-29-18)25-21(28)27-11-6-15(7-12-27)17-14-24-20-16(17)5-4-10-23-20/h4-6,10,13-14H,2-3,7-9,11-12H2,1H3,(H,23,24)(H,25,26,28). The molecular formula is C22H25N5O2. The van der Waals surface area contributed by atoms with E-state index < -0.39 is 0 Å². The van der Waals surface area contributed by atoms with Crippen molar-refractivity contribution in [3.05, 3.63) is 48.0 Å². The number of carbonyl (C=O) groups excluding carboxylic acids is 1. The Bertz CT molecular complexity index is 1070. The molecule has 0 bridgehead atoms. The summed E-state index contributed by atoms with van der Waals surface area (Å²) < 4.78 is 5.54. The molecular weight excluding hydrogens is 366 g/mol. The number of aromatic amines is 1. The van der Waals surface area contributed by atoms with Crippen LogP contribution in [0.15, 0.2) is 41.2 Å². The van der Waals surface area contributed by atoms with E-state index in [4.69, 9.17) is 4.52 Å². The van der Waals surface area contributed by atoms with Gasteiger partial charge in [-0.3, -0.25) is 5.32 Å². The molecule has 3 aromatic heterocycles. The van der Waals surface area contributed by atoms with Gasteiger partial charge in [0.2, 0.25) is 0 Å². The van der Waals surface area contributed by atoms with Crippen LogP contribution in [0, 0.1) is 0 Å². The first-order valence-electron chi connectivity index (χ1n) is 10.3. The van der Waals surface area contributed by atoms with Gasteiger partial charge in [-0.25, -0.2) is 9.78 Å². The van der Waals surface area contributed by atoms with Crippen LogP contribution in [0.2, 0.25) is 0 Å². The lowest BCUT2D eigenvalue weighted by molar-refractivity contribution is 0.216. The monoisotopic (exact) mass is 391 g/mol. The summed E-state index contributed by atoms with van der Waals surface area (Å²) in [6, 6.07) is 5.76. The van der Waals surface area contributed by atoms with Crippen molar-refractivity contribution in [1.29, 1.82) is 0 Å². The highest BCUT2D eigenvalue weighted by molar-refractivity contribution is 5.92. The van der Waals surface area contributed by atoms with Crippen molar-refractivity contribution in [2.45, 2.75) is 44.4 Å². The van der Waals surface area contributed by atoms with Crippen LogP contribution in [0.25, 0.3) is 16.6 Å². The van der Waals surface area contributed by atoms with Crippen molar-refractivity contribution in [1.82, 2.24) is 20.0 Å². The fraction of sp³-hybridized carbons (Fsp3) is 0.409. The second-order valence-electron chi connectivity index (χ2n) is 8.30. The molecule has 7 heteroatoms. The number of pyridine rings is 1. The fourth-order valence-corrected chi connectivity index (χ4v) is 4.53. The molecule has 0 radical (unpaired) electrons. The van der Waals surface area contributed by atoms with Crippen molar-refractivity contribution < 1.29 is 9.32 Å². The van der Waals surface area contributed by atoms with E-state index in [1.165, 1.54) is 24.0 Å². The molecule has 1 saturated carbocycles. The lowest BCUT2D eigenvalue weighted by Gasteiger charge is -2.26. The van der Waals surface area contributed by atoms with Crippen LogP contribution in [-0.2, 0) is 5.41 Å². The molecule has 150 valence electrons. The van der Waals surface area contributed by atoms with Crippen LogP contribution >= 0.6 is 0 Å². The van der Waals surface area contributed by atoms with E-state index in [2.05, 4.69) is 39.5 Å². The zero-order valence-corrected chi connectivity index (χ0v) is 16.6. The van der Waals surface area contributed by atoms with E-state index in [1.807, 2.05) is 18.3 Å². The summed E-state index contributed by atoms with van der Waals surface area (Å²) in [7, 11) is 0. The van der Waals surface area contributed by atoms with Gasteiger partial charge in [0.15, 0.2) is 5.82 Å². The second kappa shape index (κ2) is 7.06. The average Bonchev–Trinajstić information content (AvgIpc) is 3.48. The third kappa shape index (κ3) is 3.30. The molecule has 1 fully saturated rings. The predicted molar refractivity (Wildman–Crippen MR) is 112 cm³/mol. The Morgan fingerprint density at radius 2 is 2.21 bits per heavy atom. The van der Waals surface area contributed by atoms with Crippen molar-refractivity contribution >= 4 is 28.5 Å². The van der Waals surface area contributed by atoms with Gasteiger partial charge in [0.25, 0.3) is 0 Å². The van der Waals surface area contributed by atoms with E-state index in [1.54, 1.807) is 11.1 Å². The first-order chi connectivity index (χ1) is 14.1. The second-order valence-corrected chi connectivity index (χ2v) is 8.30. The summed E-state index contributed by atoms with van der Waals surface area (Å²) in [4.78, 5) is 22.0. The van der Waals surface area contributed by atoms with Crippen LogP contribution < -0.4 is 5.32 Å². The average molecular weight is 391 g/mol. The van der Waals surface area contributed by atoms with Crippen LogP contribution in [0.1, 0.15) is 50.4 Å². The van der Waals surface area contributed by atoms with Gasteiger partial charge in [-0.2, -0.15) is 0 Å². The molecule has 0 unspecified atom stereocenters. The lowest BCUT2D eigenvalue weighted by atomic mass is 9.86. The minimum atomic E-state index is -0.141. The topological polar surface area (TPSA) is 87.0 Å². The number of amides is 2. The largest absolute Gasteiger partial charge is 0.359 e. The van der Waals surface area contributed by atoms with Gasteiger partial charge in [0.1, 0.15) is 11.4 Å². The number of hydrogen-bond donors (Lipinski definition) is 2. The summed E-state index contributed by atoms with van der Waals surface area (Å²) in [6.45, 7) is 3.44. The summed E-state index contributed by atoms with van der Waals surface area (Å²) in [5, 5.41) is 8.08.